The maximum Gasteiger partial charge on any atom is 0.338 e. The van der Waals surface area contributed by atoms with Crippen molar-refractivity contribution in [2.24, 2.45) is 0 Å². The minimum atomic E-state index is -0.359. The van der Waals surface area contributed by atoms with Gasteiger partial charge in [-0.25, -0.2) is 4.79 Å². The van der Waals surface area contributed by atoms with Crippen molar-refractivity contribution in [3.8, 4) is 0 Å². The molecule has 0 atom stereocenters. The maximum absolute atomic E-state index is 12.2. The van der Waals surface area contributed by atoms with E-state index in [1.807, 2.05) is 41.3 Å². The Labute approximate surface area is 171 Å². The zero-order chi connectivity index (χ0) is 19.5. The van der Waals surface area contributed by atoms with Crippen LogP contribution in [0.1, 0.15) is 34.5 Å². The van der Waals surface area contributed by atoms with Crippen molar-refractivity contribution in [2.45, 2.75) is 25.8 Å². The molecule has 0 N–H and O–H groups in total. The van der Waals surface area contributed by atoms with Gasteiger partial charge in [0.2, 0.25) is 5.91 Å². The number of hydrogen-bond donors (Lipinski definition) is 0. The molecule has 0 bridgehead atoms. The molecular formula is C22H20BrNO4. The highest BCUT2D eigenvalue weighted by atomic mass is 79.9. The molecule has 3 aromatic rings. The molecule has 1 aliphatic heterocycles. The van der Waals surface area contributed by atoms with E-state index < -0.39 is 0 Å². The summed E-state index contributed by atoms with van der Waals surface area (Å²) in [6, 6.07) is 15.0. The predicted octanol–water partition coefficient (Wildman–Crippen LogP) is 4.72. The number of halogens is 1. The third kappa shape index (κ3) is 4.28. The van der Waals surface area contributed by atoms with Crippen molar-refractivity contribution < 1.29 is 18.7 Å². The van der Waals surface area contributed by atoms with Gasteiger partial charge in [0.05, 0.1) is 12.2 Å². The van der Waals surface area contributed by atoms with Gasteiger partial charge in [0.1, 0.15) is 11.3 Å². The van der Waals surface area contributed by atoms with E-state index in [0.717, 1.165) is 39.7 Å². The van der Waals surface area contributed by atoms with Gasteiger partial charge in [-0.15, -0.1) is 0 Å². The number of amides is 1. The summed E-state index contributed by atoms with van der Waals surface area (Å²) in [6.45, 7) is 1.65. The van der Waals surface area contributed by atoms with Crippen LogP contribution >= 0.6 is 15.9 Å². The smallest absolute Gasteiger partial charge is 0.338 e. The molecule has 0 unspecified atom stereocenters. The monoisotopic (exact) mass is 441 g/mol. The topological polar surface area (TPSA) is 59.8 Å². The molecule has 144 valence electrons. The Morgan fingerprint density at radius 2 is 1.96 bits per heavy atom. The first-order chi connectivity index (χ1) is 13.6. The Kier molecular flexibility index (Phi) is 5.48. The van der Waals surface area contributed by atoms with Crippen LogP contribution < -0.4 is 0 Å². The van der Waals surface area contributed by atoms with Crippen LogP contribution in [-0.4, -0.2) is 29.9 Å². The number of rotatable bonds is 6. The summed E-state index contributed by atoms with van der Waals surface area (Å²) in [5.74, 6) is 0.621. The van der Waals surface area contributed by atoms with E-state index in [4.69, 9.17) is 9.15 Å². The molecule has 1 amide bonds. The van der Waals surface area contributed by atoms with Crippen LogP contribution in [0.3, 0.4) is 0 Å². The fourth-order valence-corrected chi connectivity index (χ4v) is 3.74. The van der Waals surface area contributed by atoms with E-state index >= 15 is 0 Å². The lowest BCUT2D eigenvalue weighted by molar-refractivity contribution is -0.128. The number of nitrogens with zero attached hydrogens (tertiary/aromatic N) is 1. The largest absolute Gasteiger partial charge is 0.462 e. The second-order valence-electron chi connectivity index (χ2n) is 6.90. The molecule has 2 aromatic carbocycles. The van der Waals surface area contributed by atoms with Gasteiger partial charge >= 0.3 is 5.97 Å². The van der Waals surface area contributed by atoms with Gasteiger partial charge < -0.3 is 14.1 Å². The lowest BCUT2D eigenvalue weighted by Gasteiger charge is -2.15. The first-order valence-corrected chi connectivity index (χ1v) is 10.1. The van der Waals surface area contributed by atoms with Crippen LogP contribution in [0, 0.1) is 0 Å². The molecule has 1 aliphatic rings. The lowest BCUT2D eigenvalue weighted by atomic mass is 10.1. The average molecular weight is 442 g/mol. The van der Waals surface area contributed by atoms with Gasteiger partial charge in [-0.3, -0.25) is 4.79 Å². The van der Waals surface area contributed by atoms with Gasteiger partial charge in [-0.1, -0.05) is 28.1 Å². The van der Waals surface area contributed by atoms with Gasteiger partial charge in [-0.05, 0) is 48.4 Å². The third-order valence-electron chi connectivity index (χ3n) is 4.85. The van der Waals surface area contributed by atoms with Crippen molar-refractivity contribution in [1.29, 1.82) is 0 Å². The molecule has 5 nitrogen and oxygen atoms in total. The maximum atomic E-state index is 12.2. The van der Waals surface area contributed by atoms with E-state index in [9.17, 15) is 9.59 Å². The number of ether oxygens (including phenoxy) is 1. The Morgan fingerprint density at radius 1 is 1.14 bits per heavy atom. The van der Waals surface area contributed by atoms with Crippen LogP contribution in [0.15, 0.2) is 57.4 Å². The molecule has 1 saturated heterocycles. The quantitative estimate of drug-likeness (QED) is 0.519. The number of furan rings is 1. The Bertz CT molecular complexity index is 1010. The number of esters is 1. The normalized spacial score (nSPS) is 14.0. The molecule has 0 saturated carbocycles. The summed E-state index contributed by atoms with van der Waals surface area (Å²) in [7, 11) is 0. The van der Waals surface area contributed by atoms with E-state index in [-0.39, 0.29) is 18.5 Å². The third-order valence-corrected chi connectivity index (χ3v) is 5.34. The number of benzene rings is 2. The van der Waals surface area contributed by atoms with Crippen molar-refractivity contribution in [3.05, 3.63) is 69.9 Å². The SMILES string of the molecule is O=C(OCCc1cc2cc(Br)ccc2o1)c1ccc(CN2CCCC2=O)cc1. The molecule has 0 aliphatic carbocycles. The summed E-state index contributed by atoms with van der Waals surface area (Å²) in [6.07, 6.45) is 2.08. The summed E-state index contributed by atoms with van der Waals surface area (Å²) in [5, 5.41) is 1.02. The first kappa shape index (κ1) is 18.7. The van der Waals surface area contributed by atoms with Gasteiger partial charge in [0, 0.05) is 35.8 Å². The standard InChI is InChI=1S/C22H20BrNO4/c23-18-7-8-20-17(12-18)13-19(28-20)9-11-27-22(26)16-5-3-15(4-6-16)14-24-10-1-2-21(24)25/h3-8,12-13H,1-2,9-11,14H2. The van der Waals surface area contributed by atoms with E-state index in [2.05, 4.69) is 15.9 Å². The Hall–Kier alpha value is -2.60. The van der Waals surface area contributed by atoms with Crippen LogP contribution in [0.4, 0.5) is 0 Å². The molecule has 4 rings (SSSR count). The summed E-state index contributed by atoms with van der Waals surface area (Å²) in [5.41, 5.74) is 2.34. The highest BCUT2D eigenvalue weighted by Crippen LogP contribution is 2.23. The molecular weight excluding hydrogens is 422 g/mol. The molecule has 1 fully saturated rings. The molecule has 0 spiro atoms. The van der Waals surface area contributed by atoms with Crippen LogP contribution in [0.5, 0.6) is 0 Å². The molecule has 1 aromatic heterocycles. The van der Waals surface area contributed by atoms with Gasteiger partial charge in [0.25, 0.3) is 0 Å². The second kappa shape index (κ2) is 8.19. The second-order valence-corrected chi connectivity index (χ2v) is 7.81. The van der Waals surface area contributed by atoms with Crippen molar-refractivity contribution in [1.82, 2.24) is 4.90 Å². The fraction of sp³-hybridized carbons (Fsp3) is 0.273. The van der Waals surface area contributed by atoms with E-state index in [1.165, 1.54) is 0 Å². The first-order valence-electron chi connectivity index (χ1n) is 9.30. The Morgan fingerprint density at radius 3 is 2.71 bits per heavy atom. The minimum absolute atomic E-state index is 0.196. The number of carbonyl (C=O) groups excluding carboxylic acids is 2. The lowest BCUT2D eigenvalue weighted by Crippen LogP contribution is -2.23. The molecule has 0 radical (unpaired) electrons. The molecule has 28 heavy (non-hydrogen) atoms. The summed E-state index contributed by atoms with van der Waals surface area (Å²) >= 11 is 3.44. The van der Waals surface area contributed by atoms with Crippen LogP contribution in [0.2, 0.25) is 0 Å². The number of hydrogen-bond acceptors (Lipinski definition) is 4. The van der Waals surface area contributed by atoms with E-state index in [0.29, 0.717) is 24.9 Å². The van der Waals surface area contributed by atoms with Crippen molar-refractivity contribution >= 4 is 38.8 Å². The zero-order valence-electron chi connectivity index (χ0n) is 15.3. The van der Waals surface area contributed by atoms with Gasteiger partial charge in [-0.2, -0.15) is 0 Å². The van der Waals surface area contributed by atoms with Crippen LogP contribution in [0.25, 0.3) is 11.0 Å². The highest BCUT2D eigenvalue weighted by molar-refractivity contribution is 9.10. The number of fused-ring (bicyclic) bond motifs is 1. The summed E-state index contributed by atoms with van der Waals surface area (Å²) in [4.78, 5) is 25.8. The number of likely N-dealkylation sites (tertiary alicyclic amines) is 1. The summed E-state index contributed by atoms with van der Waals surface area (Å²) < 4.78 is 12.1. The zero-order valence-corrected chi connectivity index (χ0v) is 16.9. The molecule has 6 heteroatoms. The van der Waals surface area contributed by atoms with Crippen LogP contribution in [-0.2, 0) is 22.5 Å². The Balaban J connectivity index is 1.30. The molecule has 2 heterocycles. The number of carbonyl (C=O) groups is 2. The van der Waals surface area contributed by atoms with Crippen molar-refractivity contribution in [3.63, 3.8) is 0 Å². The van der Waals surface area contributed by atoms with E-state index in [1.54, 1.807) is 12.1 Å². The predicted molar refractivity (Wildman–Crippen MR) is 109 cm³/mol. The van der Waals surface area contributed by atoms with Gasteiger partial charge in [0.15, 0.2) is 0 Å². The average Bonchev–Trinajstić information content (AvgIpc) is 3.27. The fourth-order valence-electron chi connectivity index (χ4n) is 3.36. The highest BCUT2D eigenvalue weighted by Gasteiger charge is 2.20. The van der Waals surface area contributed by atoms with Crippen molar-refractivity contribution in [2.75, 3.05) is 13.2 Å². The minimum Gasteiger partial charge on any atom is -0.462 e.